The molecule has 3 heterocycles. The zero-order chi connectivity index (χ0) is 31.2. The van der Waals surface area contributed by atoms with Crippen LogP contribution in [0.5, 0.6) is 0 Å². The normalized spacial score (nSPS) is 17.8. The number of thioether (sulfide) groups is 1. The van der Waals surface area contributed by atoms with Crippen LogP contribution in [0.15, 0.2) is 81.9 Å². The Morgan fingerprint density at radius 3 is 2.41 bits per heavy atom. The SMILES string of the molecule is O=CNc1nc(C(=NOCC(=O)OC(c2ccccc2)c2ccccc2)C(=O)NC2C(=O)N3C(C(=O)O)=C(Cl)CS[C@H]23)cs1. The number of rotatable bonds is 12. The zero-order valence-corrected chi connectivity index (χ0v) is 24.8. The molecule has 1 aromatic heterocycles. The van der Waals surface area contributed by atoms with E-state index in [2.05, 4.69) is 20.8 Å². The lowest BCUT2D eigenvalue weighted by Gasteiger charge is -2.48. The summed E-state index contributed by atoms with van der Waals surface area (Å²) in [4.78, 5) is 71.9. The van der Waals surface area contributed by atoms with Gasteiger partial charge in [-0.2, -0.15) is 0 Å². The minimum Gasteiger partial charge on any atom is -0.477 e. The van der Waals surface area contributed by atoms with Gasteiger partial charge >= 0.3 is 11.9 Å². The number of carbonyl (C=O) groups is 5. The summed E-state index contributed by atoms with van der Waals surface area (Å²) in [6.45, 7) is -0.670. The third-order valence-corrected chi connectivity index (χ3v) is 8.87. The molecule has 2 atom stereocenters. The average Bonchev–Trinajstić information content (AvgIpc) is 3.49. The Hall–Kier alpha value is -4.73. The molecule has 44 heavy (non-hydrogen) atoms. The monoisotopic (exact) mass is 655 g/mol. The number of aromatic nitrogens is 1. The fourth-order valence-corrected chi connectivity index (χ4v) is 6.60. The molecule has 1 fully saturated rings. The number of benzene rings is 2. The third kappa shape index (κ3) is 6.59. The number of halogens is 1. The maximum absolute atomic E-state index is 13.3. The molecule has 2 aliphatic rings. The van der Waals surface area contributed by atoms with Crippen LogP contribution < -0.4 is 10.6 Å². The van der Waals surface area contributed by atoms with Gasteiger partial charge in [0.05, 0.1) is 5.03 Å². The smallest absolute Gasteiger partial charge is 0.353 e. The number of carboxylic acids is 1. The molecule has 5 rings (SSSR count). The second-order valence-corrected chi connectivity index (χ2v) is 11.5. The van der Waals surface area contributed by atoms with Gasteiger partial charge < -0.3 is 25.3 Å². The van der Waals surface area contributed by atoms with Crippen molar-refractivity contribution in [1.29, 1.82) is 0 Å². The molecule has 13 nitrogen and oxygen atoms in total. The van der Waals surface area contributed by atoms with Crippen LogP contribution in [-0.2, 0) is 33.5 Å². The van der Waals surface area contributed by atoms with Crippen molar-refractivity contribution in [3.63, 3.8) is 0 Å². The summed E-state index contributed by atoms with van der Waals surface area (Å²) in [6, 6.07) is 17.1. The maximum Gasteiger partial charge on any atom is 0.353 e. The van der Waals surface area contributed by atoms with E-state index in [0.29, 0.717) is 6.41 Å². The third-order valence-electron chi connectivity index (χ3n) is 6.35. The summed E-state index contributed by atoms with van der Waals surface area (Å²) in [5.74, 6) is -3.56. The average molecular weight is 656 g/mol. The van der Waals surface area contributed by atoms with Crippen LogP contribution in [0.4, 0.5) is 5.13 Å². The van der Waals surface area contributed by atoms with Crippen molar-refractivity contribution >= 4 is 75.7 Å². The molecule has 1 unspecified atom stereocenters. The molecule has 0 radical (unpaired) electrons. The van der Waals surface area contributed by atoms with E-state index in [9.17, 15) is 29.1 Å². The largest absolute Gasteiger partial charge is 0.477 e. The van der Waals surface area contributed by atoms with E-state index in [4.69, 9.17) is 21.2 Å². The summed E-state index contributed by atoms with van der Waals surface area (Å²) in [6.07, 6.45) is -0.322. The first-order chi connectivity index (χ1) is 21.3. The van der Waals surface area contributed by atoms with E-state index in [0.717, 1.165) is 27.4 Å². The zero-order valence-electron chi connectivity index (χ0n) is 22.4. The molecule has 1 saturated heterocycles. The standard InChI is InChI=1S/C28H22ClN5O8S2/c29-17-12-43-26-21(25(38)34(26)22(17)27(39)40)32-24(37)20(18-13-44-28(31-18)30-14-35)33-41-11-19(36)42-23(15-7-3-1-4-8-15)16-9-5-2-6-10-16/h1-10,13-14,21,23,26H,11-12H2,(H,32,37)(H,39,40)(H,30,31,35)/t21?,26-/m1/s1. The number of β-lactam (4-membered cyclic amide) rings is 1. The lowest BCUT2D eigenvalue weighted by atomic mass is 10.0. The summed E-state index contributed by atoms with van der Waals surface area (Å²) in [5, 5.41) is 19.1. The Morgan fingerprint density at radius 2 is 1.80 bits per heavy atom. The quantitative estimate of drug-likeness (QED) is 0.0864. The number of oxime groups is 1. The summed E-state index contributed by atoms with van der Waals surface area (Å²) in [5.41, 5.74) is 0.723. The van der Waals surface area contributed by atoms with Gasteiger partial charge in [0.2, 0.25) is 13.0 Å². The Kier molecular flexibility index (Phi) is 9.57. The summed E-state index contributed by atoms with van der Waals surface area (Å²) < 4.78 is 5.70. The molecule has 0 aliphatic carbocycles. The van der Waals surface area contributed by atoms with Crippen molar-refractivity contribution in [2.75, 3.05) is 17.7 Å². The Labute approximate surface area is 262 Å². The van der Waals surface area contributed by atoms with Gasteiger partial charge in [-0.1, -0.05) is 77.4 Å². The van der Waals surface area contributed by atoms with Gasteiger partial charge in [0.25, 0.3) is 11.8 Å². The van der Waals surface area contributed by atoms with Crippen LogP contribution in [0.1, 0.15) is 22.9 Å². The molecular weight excluding hydrogens is 634 g/mol. The van der Waals surface area contributed by atoms with Crippen molar-refractivity contribution in [2.45, 2.75) is 17.5 Å². The van der Waals surface area contributed by atoms with Crippen LogP contribution in [-0.4, -0.2) is 74.6 Å². The highest BCUT2D eigenvalue weighted by atomic mass is 35.5. The van der Waals surface area contributed by atoms with Gasteiger partial charge in [0.1, 0.15) is 22.8 Å². The molecule has 3 amide bonds. The second-order valence-electron chi connectivity index (χ2n) is 9.12. The first-order valence-electron chi connectivity index (χ1n) is 12.8. The highest BCUT2D eigenvalue weighted by molar-refractivity contribution is 8.00. The molecule has 226 valence electrons. The second kappa shape index (κ2) is 13.7. The fraction of sp³-hybridized carbons (Fsp3) is 0.179. The Bertz CT molecular complexity index is 1610. The van der Waals surface area contributed by atoms with E-state index >= 15 is 0 Å². The summed E-state index contributed by atoms with van der Waals surface area (Å²) in [7, 11) is 0. The molecule has 0 spiro atoms. The number of ether oxygens (including phenoxy) is 1. The molecule has 3 aromatic rings. The van der Waals surface area contributed by atoms with E-state index in [1.807, 2.05) is 60.7 Å². The lowest BCUT2D eigenvalue weighted by Crippen LogP contribution is -2.71. The number of anilines is 1. The van der Waals surface area contributed by atoms with Crippen molar-refractivity contribution in [2.24, 2.45) is 5.16 Å². The van der Waals surface area contributed by atoms with Crippen LogP contribution in [0.25, 0.3) is 0 Å². The van der Waals surface area contributed by atoms with Crippen molar-refractivity contribution in [3.8, 4) is 0 Å². The van der Waals surface area contributed by atoms with Gasteiger partial charge in [-0.25, -0.2) is 14.6 Å². The molecular formula is C28H22ClN5O8S2. The highest BCUT2D eigenvalue weighted by Crippen LogP contribution is 2.41. The minimum atomic E-state index is -1.36. The number of hydrogen-bond acceptors (Lipinski definition) is 11. The van der Waals surface area contributed by atoms with Crippen LogP contribution >= 0.6 is 34.7 Å². The molecule has 3 N–H and O–H groups in total. The molecule has 16 heteroatoms. The van der Waals surface area contributed by atoms with E-state index in [1.54, 1.807) is 0 Å². The number of carboxylic acid groups (broad SMARTS) is 1. The lowest BCUT2D eigenvalue weighted by molar-refractivity contribution is -0.153. The predicted octanol–water partition coefficient (Wildman–Crippen LogP) is 2.70. The topological polar surface area (TPSA) is 177 Å². The van der Waals surface area contributed by atoms with Gasteiger partial charge in [-0.05, 0) is 11.1 Å². The number of thiazole rings is 1. The number of carbonyl (C=O) groups excluding carboxylic acids is 4. The first kappa shape index (κ1) is 30.7. The Balaban J connectivity index is 1.31. The number of fused-ring (bicyclic) bond motifs is 1. The molecule has 0 bridgehead atoms. The summed E-state index contributed by atoms with van der Waals surface area (Å²) >= 11 is 8.20. The van der Waals surface area contributed by atoms with E-state index < -0.39 is 53.6 Å². The Morgan fingerprint density at radius 1 is 1.14 bits per heavy atom. The molecule has 2 aliphatic heterocycles. The number of hydrogen-bond donors (Lipinski definition) is 3. The van der Waals surface area contributed by atoms with E-state index in [-0.39, 0.29) is 27.3 Å². The van der Waals surface area contributed by atoms with E-state index in [1.165, 1.54) is 17.1 Å². The molecule has 0 saturated carbocycles. The number of amides is 3. The first-order valence-corrected chi connectivity index (χ1v) is 15.1. The molecule has 2 aromatic carbocycles. The minimum absolute atomic E-state index is 0.00856. The van der Waals surface area contributed by atoms with Crippen LogP contribution in [0, 0.1) is 0 Å². The van der Waals surface area contributed by atoms with Crippen molar-refractivity contribution in [3.05, 3.63) is 93.6 Å². The number of nitrogens with zero attached hydrogens (tertiary/aromatic N) is 3. The maximum atomic E-state index is 13.3. The van der Waals surface area contributed by atoms with Crippen molar-refractivity contribution < 1.29 is 38.7 Å². The van der Waals surface area contributed by atoms with Gasteiger partial charge in [0, 0.05) is 11.1 Å². The van der Waals surface area contributed by atoms with Gasteiger partial charge in [0.15, 0.2) is 16.9 Å². The van der Waals surface area contributed by atoms with Crippen LogP contribution in [0.3, 0.4) is 0 Å². The van der Waals surface area contributed by atoms with Crippen LogP contribution in [0.2, 0.25) is 0 Å². The predicted molar refractivity (Wildman–Crippen MR) is 161 cm³/mol. The number of esters is 1. The highest BCUT2D eigenvalue weighted by Gasteiger charge is 2.54. The van der Waals surface area contributed by atoms with Gasteiger partial charge in [-0.15, -0.1) is 23.1 Å². The fourth-order valence-electron chi connectivity index (χ4n) is 4.39. The number of aliphatic carboxylic acids is 1. The van der Waals surface area contributed by atoms with Crippen molar-refractivity contribution in [1.82, 2.24) is 15.2 Å². The van der Waals surface area contributed by atoms with Gasteiger partial charge in [-0.3, -0.25) is 19.3 Å². The number of nitrogens with one attached hydrogen (secondary N) is 2.